The summed E-state index contributed by atoms with van der Waals surface area (Å²) in [5.74, 6) is 0.577. The maximum absolute atomic E-state index is 13.2. The van der Waals surface area contributed by atoms with Gasteiger partial charge in [-0.25, -0.2) is 0 Å². The van der Waals surface area contributed by atoms with Crippen LogP contribution in [0.1, 0.15) is 28.8 Å². The van der Waals surface area contributed by atoms with Crippen molar-refractivity contribution in [2.75, 3.05) is 25.6 Å². The summed E-state index contributed by atoms with van der Waals surface area (Å²) in [4.78, 5) is 0. The van der Waals surface area contributed by atoms with Crippen LogP contribution in [-0.4, -0.2) is 26.4 Å². The van der Waals surface area contributed by atoms with E-state index in [-0.39, 0.29) is 5.02 Å². The van der Waals surface area contributed by atoms with Gasteiger partial charge in [-0.1, -0.05) is 23.7 Å². The quantitative estimate of drug-likeness (QED) is 0.772. The molecule has 0 radical (unpaired) electrons. The van der Waals surface area contributed by atoms with Gasteiger partial charge in [0.25, 0.3) is 0 Å². The summed E-state index contributed by atoms with van der Waals surface area (Å²) in [6, 6.07) is 8.19. The predicted octanol–water partition coefficient (Wildman–Crippen LogP) is 4.99. The highest BCUT2D eigenvalue weighted by Crippen LogP contribution is 2.49. The monoisotopic (exact) mass is 399 g/mol. The molecule has 2 aliphatic heterocycles. The first kappa shape index (κ1) is 18.4. The first-order valence-corrected chi connectivity index (χ1v) is 8.81. The minimum atomic E-state index is -4.47. The number of para-hydroxylation sites is 1. The van der Waals surface area contributed by atoms with E-state index in [9.17, 15) is 13.2 Å². The third kappa shape index (κ3) is 3.24. The number of anilines is 1. The minimum Gasteiger partial charge on any atom is -0.495 e. The minimum absolute atomic E-state index is 0.228. The molecule has 0 amide bonds. The van der Waals surface area contributed by atoms with Crippen LogP contribution >= 0.6 is 11.6 Å². The maximum atomic E-state index is 13.2. The lowest BCUT2D eigenvalue weighted by atomic mass is 9.87. The van der Waals surface area contributed by atoms with E-state index in [1.165, 1.54) is 13.2 Å². The maximum Gasteiger partial charge on any atom is 0.416 e. The largest absolute Gasteiger partial charge is 0.495 e. The summed E-state index contributed by atoms with van der Waals surface area (Å²) in [6.45, 7) is 0.760. The number of rotatable bonds is 2. The normalized spacial score (nSPS) is 24.6. The number of benzene rings is 2. The Bertz CT molecular complexity index is 859. The van der Waals surface area contributed by atoms with Crippen molar-refractivity contribution in [2.45, 2.75) is 24.4 Å². The van der Waals surface area contributed by atoms with Gasteiger partial charge in [-0.2, -0.15) is 13.2 Å². The summed E-state index contributed by atoms with van der Waals surface area (Å²) in [5.41, 5.74) is 1.06. The lowest BCUT2D eigenvalue weighted by Crippen LogP contribution is -2.43. The molecule has 4 nitrogen and oxygen atoms in total. The SMILES string of the molecule is COc1cccc2c1NC(c1cc(C(F)(F)F)ccc1Cl)C1OCCOC21. The molecule has 0 saturated carbocycles. The molecule has 2 aliphatic rings. The van der Waals surface area contributed by atoms with Gasteiger partial charge in [0, 0.05) is 10.6 Å². The summed E-state index contributed by atoms with van der Waals surface area (Å²) in [5, 5.41) is 3.50. The van der Waals surface area contributed by atoms with E-state index < -0.39 is 30.0 Å². The Morgan fingerprint density at radius 3 is 2.63 bits per heavy atom. The van der Waals surface area contributed by atoms with Gasteiger partial charge in [-0.15, -0.1) is 0 Å². The molecule has 2 aromatic carbocycles. The lowest BCUT2D eigenvalue weighted by molar-refractivity contribution is -0.151. The van der Waals surface area contributed by atoms with E-state index in [4.69, 9.17) is 25.8 Å². The Kier molecular flexibility index (Phi) is 4.70. The molecule has 0 bridgehead atoms. The van der Waals surface area contributed by atoms with Crippen LogP contribution in [0.2, 0.25) is 5.02 Å². The number of hydrogen-bond acceptors (Lipinski definition) is 4. The summed E-state index contributed by atoms with van der Waals surface area (Å²) >= 11 is 6.28. The van der Waals surface area contributed by atoms with Crippen molar-refractivity contribution < 1.29 is 27.4 Å². The average Bonchev–Trinajstić information content (AvgIpc) is 2.66. The fourth-order valence-electron chi connectivity index (χ4n) is 3.64. The van der Waals surface area contributed by atoms with E-state index in [1.54, 1.807) is 6.07 Å². The number of hydrogen-bond donors (Lipinski definition) is 1. The van der Waals surface area contributed by atoms with Crippen LogP contribution < -0.4 is 10.1 Å². The van der Waals surface area contributed by atoms with Crippen molar-refractivity contribution in [2.24, 2.45) is 0 Å². The third-order valence-corrected chi connectivity index (χ3v) is 5.21. The first-order chi connectivity index (χ1) is 12.9. The van der Waals surface area contributed by atoms with E-state index in [0.717, 1.165) is 17.7 Å². The Morgan fingerprint density at radius 1 is 1.11 bits per heavy atom. The van der Waals surface area contributed by atoms with Gasteiger partial charge in [-0.05, 0) is 29.8 Å². The number of fused-ring (bicyclic) bond motifs is 3. The molecule has 1 saturated heterocycles. The van der Waals surface area contributed by atoms with Gasteiger partial charge in [0.05, 0.1) is 37.6 Å². The van der Waals surface area contributed by atoms with E-state index in [1.807, 2.05) is 12.1 Å². The summed E-state index contributed by atoms with van der Waals surface area (Å²) in [7, 11) is 1.54. The number of ether oxygens (including phenoxy) is 3. The third-order valence-electron chi connectivity index (χ3n) is 4.86. The number of methoxy groups -OCH3 is 1. The molecule has 1 fully saturated rings. The first-order valence-electron chi connectivity index (χ1n) is 8.43. The van der Waals surface area contributed by atoms with E-state index >= 15 is 0 Å². The second kappa shape index (κ2) is 6.89. The van der Waals surface area contributed by atoms with Crippen molar-refractivity contribution in [1.82, 2.24) is 0 Å². The van der Waals surface area contributed by atoms with Crippen molar-refractivity contribution in [1.29, 1.82) is 0 Å². The van der Waals surface area contributed by atoms with E-state index in [2.05, 4.69) is 5.32 Å². The Labute approximate surface area is 159 Å². The molecule has 2 aromatic rings. The van der Waals surface area contributed by atoms with Crippen LogP contribution in [0, 0.1) is 0 Å². The van der Waals surface area contributed by atoms with E-state index in [0.29, 0.717) is 30.2 Å². The number of nitrogens with one attached hydrogen (secondary N) is 1. The summed E-state index contributed by atoms with van der Waals surface area (Å²) in [6.07, 6.45) is -5.41. The predicted molar refractivity (Wildman–Crippen MR) is 94.2 cm³/mol. The molecule has 2 heterocycles. The van der Waals surface area contributed by atoms with Crippen molar-refractivity contribution in [3.63, 3.8) is 0 Å². The standard InChI is InChI=1S/C19H17ClF3NO3/c1-25-14-4-2-3-11-15(14)24-16(18-17(11)26-7-8-27-18)12-9-10(19(21,22)23)5-6-13(12)20/h2-6,9,16-18,24H,7-8H2,1H3. The molecule has 3 unspecified atom stereocenters. The average molecular weight is 400 g/mol. The van der Waals surface area contributed by atoms with Gasteiger partial charge < -0.3 is 19.5 Å². The molecule has 0 aromatic heterocycles. The Hall–Kier alpha value is -1.96. The highest BCUT2D eigenvalue weighted by Gasteiger charge is 2.43. The van der Waals surface area contributed by atoms with Gasteiger partial charge in [0.2, 0.25) is 0 Å². The van der Waals surface area contributed by atoms with Crippen LogP contribution in [0.15, 0.2) is 36.4 Å². The number of halogens is 4. The second-order valence-electron chi connectivity index (χ2n) is 6.41. The molecule has 0 aliphatic carbocycles. The lowest BCUT2D eigenvalue weighted by Gasteiger charge is -2.43. The van der Waals surface area contributed by atoms with Gasteiger partial charge >= 0.3 is 6.18 Å². The molecular formula is C19H17ClF3NO3. The highest BCUT2D eigenvalue weighted by molar-refractivity contribution is 6.31. The molecular weight excluding hydrogens is 383 g/mol. The van der Waals surface area contributed by atoms with Crippen molar-refractivity contribution in [3.8, 4) is 5.75 Å². The summed E-state index contributed by atoms with van der Waals surface area (Å²) < 4.78 is 56.9. The molecule has 1 N–H and O–H groups in total. The van der Waals surface area contributed by atoms with Crippen molar-refractivity contribution >= 4 is 17.3 Å². The second-order valence-corrected chi connectivity index (χ2v) is 6.81. The molecule has 144 valence electrons. The van der Waals surface area contributed by atoms with Crippen LogP contribution in [0.25, 0.3) is 0 Å². The zero-order chi connectivity index (χ0) is 19.2. The zero-order valence-corrected chi connectivity index (χ0v) is 15.1. The smallest absolute Gasteiger partial charge is 0.416 e. The van der Waals surface area contributed by atoms with Crippen LogP contribution in [0.3, 0.4) is 0 Å². The van der Waals surface area contributed by atoms with Crippen molar-refractivity contribution in [3.05, 3.63) is 58.1 Å². The van der Waals surface area contributed by atoms with Crippen LogP contribution in [-0.2, 0) is 15.7 Å². The van der Waals surface area contributed by atoms with Crippen LogP contribution in [0.5, 0.6) is 5.75 Å². The fourth-order valence-corrected chi connectivity index (χ4v) is 3.87. The van der Waals surface area contributed by atoms with Crippen LogP contribution in [0.4, 0.5) is 18.9 Å². The highest BCUT2D eigenvalue weighted by atomic mass is 35.5. The Morgan fingerprint density at radius 2 is 1.89 bits per heavy atom. The van der Waals surface area contributed by atoms with Gasteiger partial charge in [-0.3, -0.25) is 0 Å². The van der Waals surface area contributed by atoms with Gasteiger partial charge in [0.1, 0.15) is 18.0 Å². The molecule has 8 heteroatoms. The number of alkyl halides is 3. The molecule has 27 heavy (non-hydrogen) atoms. The fraction of sp³-hybridized carbons (Fsp3) is 0.368. The Balaban J connectivity index is 1.83. The molecule has 4 rings (SSSR count). The molecule has 3 atom stereocenters. The topological polar surface area (TPSA) is 39.7 Å². The zero-order valence-electron chi connectivity index (χ0n) is 14.3. The van der Waals surface area contributed by atoms with Gasteiger partial charge in [0.15, 0.2) is 0 Å². The molecule has 0 spiro atoms.